The fourth-order valence-electron chi connectivity index (χ4n) is 10.5. The number of rotatable bonds is 5. The van der Waals surface area contributed by atoms with Crippen molar-refractivity contribution in [2.45, 2.75) is 104 Å². The van der Waals surface area contributed by atoms with Crippen LogP contribution in [0.3, 0.4) is 0 Å². The Balaban J connectivity index is 1.06. The minimum atomic E-state index is -0.123. The Morgan fingerprint density at radius 2 is 1.97 bits per heavy atom. The van der Waals surface area contributed by atoms with Crippen LogP contribution in [0.15, 0.2) is 23.9 Å². The van der Waals surface area contributed by atoms with Gasteiger partial charge >= 0.3 is 0 Å². The fourth-order valence-corrected chi connectivity index (χ4v) is 10.5. The van der Waals surface area contributed by atoms with Crippen molar-refractivity contribution in [3.05, 3.63) is 23.9 Å². The molecule has 5 aliphatic rings. The molecule has 6 nitrogen and oxygen atoms in total. The topological polar surface area (TPSA) is 61.6 Å². The average molecular weight is 537 g/mol. The molecule has 1 aliphatic heterocycles. The van der Waals surface area contributed by atoms with E-state index in [9.17, 15) is 9.90 Å². The van der Waals surface area contributed by atoms with Crippen molar-refractivity contribution in [3.63, 3.8) is 0 Å². The molecule has 9 atom stereocenters. The molecular weight excluding hydrogens is 484 g/mol. The Morgan fingerprint density at radius 1 is 1.15 bits per heavy atom. The number of aryl methyl sites for hydroxylation is 1. The Hall–Kier alpha value is -1.82. The van der Waals surface area contributed by atoms with E-state index in [1.54, 1.807) is 5.57 Å². The summed E-state index contributed by atoms with van der Waals surface area (Å²) in [7, 11) is 1.99. The molecule has 0 radical (unpaired) electrons. The van der Waals surface area contributed by atoms with Crippen molar-refractivity contribution in [2.75, 3.05) is 24.5 Å². The lowest BCUT2D eigenvalue weighted by Gasteiger charge is -2.58. The van der Waals surface area contributed by atoms with Gasteiger partial charge < -0.3 is 14.9 Å². The first-order valence-electron chi connectivity index (χ1n) is 16.0. The van der Waals surface area contributed by atoms with Gasteiger partial charge in [0.1, 0.15) is 5.82 Å². The van der Waals surface area contributed by atoms with Gasteiger partial charge in [-0.3, -0.25) is 9.48 Å². The molecule has 1 amide bonds. The number of allylic oxidation sites excluding steroid dienone is 1. The van der Waals surface area contributed by atoms with E-state index < -0.39 is 0 Å². The number of nitrogens with zero attached hydrogens (tertiary/aromatic N) is 4. The van der Waals surface area contributed by atoms with E-state index >= 15 is 0 Å². The molecule has 1 saturated heterocycles. The molecule has 0 spiro atoms. The van der Waals surface area contributed by atoms with Crippen molar-refractivity contribution in [2.24, 2.45) is 47.5 Å². The molecule has 2 heterocycles. The fraction of sp³-hybridized carbons (Fsp3) is 0.818. The van der Waals surface area contributed by atoms with Crippen molar-refractivity contribution in [1.82, 2.24) is 14.7 Å². The van der Waals surface area contributed by atoms with Crippen molar-refractivity contribution >= 4 is 11.7 Å². The van der Waals surface area contributed by atoms with Crippen LogP contribution in [0.1, 0.15) is 91.9 Å². The number of aliphatic hydroxyl groups is 1. The average Bonchev–Trinajstić information content (AvgIpc) is 3.50. The summed E-state index contributed by atoms with van der Waals surface area (Å²) >= 11 is 0. The molecule has 2 unspecified atom stereocenters. The SMILES string of the molecule is CC(CCC(=O)N1CCN(c2ccnn2C)CC1C)[C@H]1CC[C@H]2[C@@H]3CC=C4C[C@@H](O)CC[C@]4(C)[C@H]3CC[C@]12C. The Kier molecular flexibility index (Phi) is 7.17. The van der Waals surface area contributed by atoms with Gasteiger partial charge in [0.15, 0.2) is 0 Å². The summed E-state index contributed by atoms with van der Waals surface area (Å²) in [5.41, 5.74) is 2.31. The van der Waals surface area contributed by atoms with Crippen molar-refractivity contribution in [3.8, 4) is 0 Å². The smallest absolute Gasteiger partial charge is 0.222 e. The number of fused-ring (bicyclic) bond motifs is 5. The van der Waals surface area contributed by atoms with E-state index in [2.05, 4.69) is 54.7 Å². The molecular formula is C33H52N4O2. The monoisotopic (exact) mass is 536 g/mol. The van der Waals surface area contributed by atoms with Crippen molar-refractivity contribution < 1.29 is 9.90 Å². The van der Waals surface area contributed by atoms with Gasteiger partial charge in [-0.25, -0.2) is 0 Å². The van der Waals surface area contributed by atoms with Gasteiger partial charge in [0.25, 0.3) is 0 Å². The van der Waals surface area contributed by atoms with Gasteiger partial charge in [0, 0.05) is 45.2 Å². The lowest BCUT2D eigenvalue weighted by molar-refractivity contribution is -0.134. The number of aliphatic hydroxyl groups excluding tert-OH is 1. The second-order valence-corrected chi connectivity index (χ2v) is 14.6. The zero-order valence-electron chi connectivity index (χ0n) is 25.1. The Labute approximate surface area is 236 Å². The van der Waals surface area contributed by atoms with Gasteiger partial charge in [-0.1, -0.05) is 32.4 Å². The highest BCUT2D eigenvalue weighted by molar-refractivity contribution is 5.77. The van der Waals surface area contributed by atoms with Crippen LogP contribution in [0.2, 0.25) is 0 Å². The third-order valence-corrected chi connectivity index (χ3v) is 12.7. The number of carbonyl (C=O) groups excluding carboxylic acids is 1. The maximum Gasteiger partial charge on any atom is 0.222 e. The number of hydrogen-bond donors (Lipinski definition) is 1. The normalized spacial score (nSPS) is 40.9. The number of aromatic nitrogens is 2. The number of hydrogen-bond acceptors (Lipinski definition) is 4. The number of amides is 1. The quantitative estimate of drug-likeness (QED) is 0.482. The number of anilines is 1. The highest BCUT2D eigenvalue weighted by Crippen LogP contribution is 2.67. The zero-order chi connectivity index (χ0) is 27.5. The van der Waals surface area contributed by atoms with Gasteiger partial charge in [0.2, 0.25) is 5.91 Å². The zero-order valence-corrected chi connectivity index (χ0v) is 25.1. The van der Waals surface area contributed by atoms with Crippen LogP contribution < -0.4 is 4.90 Å². The third kappa shape index (κ3) is 4.57. The maximum absolute atomic E-state index is 13.4. The van der Waals surface area contributed by atoms with Gasteiger partial charge in [0.05, 0.1) is 12.3 Å². The molecule has 216 valence electrons. The predicted molar refractivity (Wildman–Crippen MR) is 156 cm³/mol. The van der Waals surface area contributed by atoms with E-state index in [0.717, 1.165) is 68.4 Å². The van der Waals surface area contributed by atoms with Crippen LogP contribution in [0, 0.1) is 40.4 Å². The van der Waals surface area contributed by atoms with E-state index in [-0.39, 0.29) is 12.1 Å². The van der Waals surface area contributed by atoms with Crippen LogP contribution >= 0.6 is 0 Å². The van der Waals surface area contributed by atoms with E-state index in [1.807, 2.05) is 17.9 Å². The first-order chi connectivity index (χ1) is 18.6. The van der Waals surface area contributed by atoms with Gasteiger partial charge in [-0.05, 0) is 105 Å². The summed E-state index contributed by atoms with van der Waals surface area (Å²) in [6.07, 6.45) is 15.7. The third-order valence-electron chi connectivity index (χ3n) is 12.7. The molecule has 4 aliphatic carbocycles. The molecule has 0 aromatic carbocycles. The second-order valence-electron chi connectivity index (χ2n) is 14.6. The summed E-state index contributed by atoms with van der Waals surface area (Å²) in [4.78, 5) is 17.9. The van der Waals surface area contributed by atoms with Gasteiger partial charge in [-0.2, -0.15) is 5.10 Å². The van der Waals surface area contributed by atoms with E-state index in [4.69, 9.17) is 0 Å². The maximum atomic E-state index is 13.4. The highest BCUT2D eigenvalue weighted by Gasteiger charge is 2.59. The summed E-state index contributed by atoms with van der Waals surface area (Å²) in [5.74, 6) is 5.25. The first kappa shape index (κ1) is 27.4. The minimum absolute atomic E-state index is 0.123. The molecule has 1 aromatic rings. The van der Waals surface area contributed by atoms with Crippen LogP contribution in [-0.2, 0) is 11.8 Å². The van der Waals surface area contributed by atoms with Crippen LogP contribution in [-0.4, -0.2) is 57.5 Å². The van der Waals surface area contributed by atoms with Crippen molar-refractivity contribution in [1.29, 1.82) is 0 Å². The molecule has 1 N–H and O–H groups in total. The number of carbonyl (C=O) groups is 1. The highest BCUT2D eigenvalue weighted by atomic mass is 16.3. The predicted octanol–water partition coefficient (Wildman–Crippen LogP) is 5.81. The Morgan fingerprint density at radius 3 is 2.72 bits per heavy atom. The van der Waals surface area contributed by atoms with Gasteiger partial charge in [-0.15, -0.1) is 0 Å². The second kappa shape index (κ2) is 10.2. The number of piperazine rings is 1. The lowest BCUT2D eigenvalue weighted by atomic mass is 9.47. The molecule has 39 heavy (non-hydrogen) atoms. The summed E-state index contributed by atoms with van der Waals surface area (Å²) in [5, 5.41) is 14.6. The molecule has 0 bridgehead atoms. The largest absolute Gasteiger partial charge is 0.393 e. The first-order valence-corrected chi connectivity index (χ1v) is 16.0. The standard InChI is InChI=1S/C33H52N4O2/c1-22(6-11-31(39)37-19-18-36(21-23(37)2)30-14-17-34-35(30)5)27-9-10-28-26-8-7-24-20-25(38)12-15-32(24,3)29(26)13-16-33(27,28)4/h7,14,17,22-23,25-29,38H,6,8-13,15-16,18-21H2,1-5H3/t22?,23?,25-,26-,27+,28-,29-,32-,33+/m0/s1. The van der Waals surface area contributed by atoms with Crippen LogP contribution in [0.5, 0.6) is 0 Å². The molecule has 6 heteroatoms. The molecule has 4 fully saturated rings. The summed E-state index contributed by atoms with van der Waals surface area (Å²) in [6.45, 7) is 12.4. The van der Waals surface area contributed by atoms with Crippen LogP contribution in [0.4, 0.5) is 5.82 Å². The minimum Gasteiger partial charge on any atom is -0.393 e. The van der Waals surface area contributed by atoms with E-state index in [0.29, 0.717) is 29.1 Å². The summed E-state index contributed by atoms with van der Waals surface area (Å²) in [6, 6.07) is 2.30. The van der Waals surface area contributed by atoms with E-state index in [1.165, 1.54) is 38.5 Å². The molecule has 1 aromatic heterocycles. The lowest BCUT2D eigenvalue weighted by Crippen LogP contribution is -2.54. The van der Waals surface area contributed by atoms with Crippen LogP contribution in [0.25, 0.3) is 0 Å². The molecule has 6 rings (SSSR count). The molecule has 3 saturated carbocycles. The Bertz CT molecular complexity index is 1100. The summed E-state index contributed by atoms with van der Waals surface area (Å²) < 4.78 is 1.93.